The molecule has 1 heterocycles. The Balaban J connectivity index is 1.90. The topological polar surface area (TPSA) is 46.3 Å². The Hall–Kier alpha value is -0.570. The van der Waals surface area contributed by atoms with Gasteiger partial charge in [0.1, 0.15) is 0 Å². The number of carbonyl (C=O) groups is 1. The van der Waals surface area contributed by atoms with Crippen LogP contribution in [0.5, 0.6) is 0 Å². The first-order chi connectivity index (χ1) is 8.58. The van der Waals surface area contributed by atoms with E-state index in [0.717, 1.165) is 38.3 Å². The fourth-order valence-electron chi connectivity index (χ4n) is 3.32. The Morgan fingerprint density at radius 1 is 1.11 bits per heavy atom. The van der Waals surface area contributed by atoms with Gasteiger partial charge >= 0.3 is 0 Å². The molecule has 4 unspecified atom stereocenters. The number of likely N-dealkylation sites (tertiary alicyclic amines) is 1. The van der Waals surface area contributed by atoms with E-state index >= 15 is 0 Å². The summed E-state index contributed by atoms with van der Waals surface area (Å²) in [5.41, 5.74) is 6.12. The van der Waals surface area contributed by atoms with Crippen molar-refractivity contribution < 1.29 is 4.79 Å². The third kappa shape index (κ3) is 3.25. The molecule has 2 aliphatic rings. The lowest BCUT2D eigenvalue weighted by Gasteiger charge is -2.34. The van der Waals surface area contributed by atoms with Gasteiger partial charge in [-0.3, -0.25) is 4.79 Å². The Morgan fingerprint density at radius 3 is 2.61 bits per heavy atom. The van der Waals surface area contributed by atoms with Crippen LogP contribution in [-0.4, -0.2) is 29.9 Å². The third-order valence-corrected chi connectivity index (χ3v) is 4.94. The molecule has 0 radical (unpaired) electrons. The fourth-order valence-corrected chi connectivity index (χ4v) is 3.32. The van der Waals surface area contributed by atoms with Gasteiger partial charge in [-0.05, 0) is 50.4 Å². The Morgan fingerprint density at radius 2 is 1.89 bits per heavy atom. The molecule has 4 atom stereocenters. The van der Waals surface area contributed by atoms with Gasteiger partial charge in [-0.1, -0.05) is 13.8 Å². The van der Waals surface area contributed by atoms with Gasteiger partial charge in [0.15, 0.2) is 0 Å². The van der Waals surface area contributed by atoms with Crippen LogP contribution in [0.1, 0.15) is 52.4 Å². The lowest BCUT2D eigenvalue weighted by atomic mass is 9.79. The van der Waals surface area contributed by atoms with Crippen molar-refractivity contribution in [3.8, 4) is 0 Å². The zero-order chi connectivity index (χ0) is 13.1. The van der Waals surface area contributed by atoms with Crippen molar-refractivity contribution in [2.24, 2.45) is 23.5 Å². The first-order valence-electron chi connectivity index (χ1n) is 7.62. The Labute approximate surface area is 111 Å². The maximum Gasteiger partial charge on any atom is 0.225 e. The first kappa shape index (κ1) is 13.9. The molecular formula is C15H28N2O. The summed E-state index contributed by atoms with van der Waals surface area (Å²) in [7, 11) is 0. The molecule has 0 aromatic rings. The summed E-state index contributed by atoms with van der Waals surface area (Å²) in [5, 5.41) is 0. The van der Waals surface area contributed by atoms with Gasteiger partial charge in [-0.15, -0.1) is 0 Å². The number of hydrogen-bond donors (Lipinski definition) is 1. The van der Waals surface area contributed by atoms with Gasteiger partial charge in [-0.25, -0.2) is 0 Å². The molecule has 0 aromatic carbocycles. The predicted molar refractivity (Wildman–Crippen MR) is 74.1 cm³/mol. The summed E-state index contributed by atoms with van der Waals surface area (Å²) in [6.45, 7) is 6.43. The summed E-state index contributed by atoms with van der Waals surface area (Å²) in [6.07, 6.45) is 6.65. The minimum absolute atomic E-state index is 0.199. The van der Waals surface area contributed by atoms with Gasteiger partial charge < -0.3 is 10.6 Å². The first-order valence-corrected chi connectivity index (χ1v) is 7.62. The minimum atomic E-state index is 0.199. The normalized spacial score (nSPS) is 38.3. The van der Waals surface area contributed by atoms with Crippen molar-refractivity contribution in [1.29, 1.82) is 0 Å². The molecule has 1 aliphatic heterocycles. The number of hydrogen-bond acceptors (Lipinski definition) is 2. The predicted octanol–water partition coefficient (Wildman–Crippen LogP) is 2.40. The highest BCUT2D eigenvalue weighted by Crippen LogP contribution is 2.30. The van der Waals surface area contributed by atoms with Crippen LogP contribution in [-0.2, 0) is 4.79 Å². The van der Waals surface area contributed by atoms with Gasteiger partial charge in [0.25, 0.3) is 0 Å². The van der Waals surface area contributed by atoms with E-state index in [1.165, 1.54) is 19.3 Å². The number of carbonyl (C=O) groups excluding carboxylic acids is 1. The van der Waals surface area contributed by atoms with E-state index in [0.29, 0.717) is 11.8 Å². The van der Waals surface area contributed by atoms with Crippen LogP contribution in [0.25, 0.3) is 0 Å². The van der Waals surface area contributed by atoms with Crippen LogP contribution >= 0.6 is 0 Å². The van der Waals surface area contributed by atoms with Crippen molar-refractivity contribution in [3.05, 3.63) is 0 Å². The van der Waals surface area contributed by atoms with Crippen molar-refractivity contribution in [2.75, 3.05) is 13.1 Å². The van der Waals surface area contributed by atoms with Crippen LogP contribution in [0.2, 0.25) is 0 Å². The average molecular weight is 252 g/mol. The summed E-state index contributed by atoms with van der Waals surface area (Å²) in [6, 6.07) is 0.221. The molecule has 2 fully saturated rings. The highest BCUT2D eigenvalue weighted by atomic mass is 16.2. The molecule has 2 N–H and O–H groups in total. The second-order valence-corrected chi connectivity index (χ2v) is 6.51. The standard InChI is InChI=1S/C15H28N2O/c1-11-4-3-8-17(9-7-11)15(18)13-6-5-12(2)14(16)10-13/h11-14H,3-10,16H2,1-2H3. The molecule has 0 spiro atoms. The van der Waals surface area contributed by atoms with Crippen LogP contribution in [0.3, 0.4) is 0 Å². The molecule has 1 saturated carbocycles. The van der Waals surface area contributed by atoms with E-state index < -0.39 is 0 Å². The minimum Gasteiger partial charge on any atom is -0.342 e. The van der Waals surface area contributed by atoms with Crippen LogP contribution in [0, 0.1) is 17.8 Å². The highest BCUT2D eigenvalue weighted by Gasteiger charge is 2.32. The summed E-state index contributed by atoms with van der Waals surface area (Å²) in [5.74, 6) is 1.94. The van der Waals surface area contributed by atoms with E-state index in [-0.39, 0.29) is 12.0 Å². The molecule has 104 valence electrons. The van der Waals surface area contributed by atoms with Gasteiger partial charge in [0, 0.05) is 25.0 Å². The van der Waals surface area contributed by atoms with E-state index in [9.17, 15) is 4.79 Å². The molecular weight excluding hydrogens is 224 g/mol. The molecule has 1 saturated heterocycles. The molecule has 2 rings (SSSR count). The molecule has 3 heteroatoms. The number of amides is 1. The van der Waals surface area contributed by atoms with Gasteiger partial charge in [0.05, 0.1) is 0 Å². The Kier molecular flexibility index (Phi) is 4.66. The maximum atomic E-state index is 12.5. The number of nitrogens with two attached hydrogens (primary N) is 1. The largest absolute Gasteiger partial charge is 0.342 e. The number of nitrogens with zero attached hydrogens (tertiary/aromatic N) is 1. The van der Waals surface area contributed by atoms with E-state index in [2.05, 4.69) is 18.7 Å². The molecule has 18 heavy (non-hydrogen) atoms. The van der Waals surface area contributed by atoms with Crippen molar-refractivity contribution >= 4 is 5.91 Å². The van der Waals surface area contributed by atoms with E-state index in [1.54, 1.807) is 0 Å². The third-order valence-electron chi connectivity index (χ3n) is 4.94. The van der Waals surface area contributed by atoms with Crippen LogP contribution in [0.15, 0.2) is 0 Å². The zero-order valence-corrected chi connectivity index (χ0v) is 11.9. The summed E-state index contributed by atoms with van der Waals surface area (Å²) < 4.78 is 0. The van der Waals surface area contributed by atoms with Crippen molar-refractivity contribution in [1.82, 2.24) is 4.90 Å². The maximum absolute atomic E-state index is 12.5. The summed E-state index contributed by atoms with van der Waals surface area (Å²) in [4.78, 5) is 14.6. The molecule has 3 nitrogen and oxygen atoms in total. The monoisotopic (exact) mass is 252 g/mol. The smallest absolute Gasteiger partial charge is 0.225 e. The molecule has 0 bridgehead atoms. The van der Waals surface area contributed by atoms with Crippen LogP contribution in [0.4, 0.5) is 0 Å². The van der Waals surface area contributed by atoms with Crippen molar-refractivity contribution in [2.45, 2.75) is 58.4 Å². The van der Waals surface area contributed by atoms with E-state index in [4.69, 9.17) is 5.73 Å². The lowest BCUT2D eigenvalue weighted by molar-refractivity contribution is -0.137. The molecule has 0 aromatic heterocycles. The number of rotatable bonds is 1. The average Bonchev–Trinajstić information content (AvgIpc) is 2.57. The Bertz CT molecular complexity index is 286. The quantitative estimate of drug-likeness (QED) is 0.779. The van der Waals surface area contributed by atoms with E-state index in [1.807, 2.05) is 0 Å². The zero-order valence-electron chi connectivity index (χ0n) is 11.9. The fraction of sp³-hybridized carbons (Fsp3) is 0.933. The molecule has 1 amide bonds. The van der Waals surface area contributed by atoms with Gasteiger partial charge in [-0.2, -0.15) is 0 Å². The van der Waals surface area contributed by atoms with Crippen molar-refractivity contribution in [3.63, 3.8) is 0 Å². The lowest BCUT2D eigenvalue weighted by Crippen LogP contribution is -2.43. The SMILES string of the molecule is CC1CCCN(C(=O)C2CCC(C)C(N)C2)CC1. The highest BCUT2D eigenvalue weighted by molar-refractivity contribution is 5.79. The van der Waals surface area contributed by atoms with Crippen LogP contribution < -0.4 is 5.73 Å². The second-order valence-electron chi connectivity index (χ2n) is 6.51. The molecule has 1 aliphatic carbocycles. The summed E-state index contributed by atoms with van der Waals surface area (Å²) >= 11 is 0. The van der Waals surface area contributed by atoms with Gasteiger partial charge in [0.2, 0.25) is 5.91 Å². The second kappa shape index (κ2) is 6.05.